The van der Waals surface area contributed by atoms with Crippen LogP contribution >= 0.6 is 11.3 Å². The maximum absolute atomic E-state index is 13.7. The Bertz CT molecular complexity index is 1180. The fourth-order valence-corrected chi connectivity index (χ4v) is 4.73. The Labute approximate surface area is 229 Å². The zero-order chi connectivity index (χ0) is 27.5. The second-order valence-corrected chi connectivity index (χ2v) is 9.88. The largest absolute Gasteiger partial charge is 0.495 e. The number of urea groups is 1. The van der Waals surface area contributed by atoms with Crippen molar-refractivity contribution < 1.29 is 23.8 Å². The van der Waals surface area contributed by atoms with Crippen LogP contribution in [0.4, 0.5) is 10.5 Å². The molecule has 9 heteroatoms. The van der Waals surface area contributed by atoms with E-state index in [1.165, 1.54) is 0 Å². The SMILES string of the molecule is CCC(C)N(CC(=O)N(CCc1ccc(OC)c(OC)c1)Cc1cccs1)C(=O)Nc1ccccc1OC. The quantitative estimate of drug-likeness (QED) is 0.302. The number of thiophene rings is 1. The van der Waals surface area contributed by atoms with E-state index >= 15 is 0 Å². The van der Waals surface area contributed by atoms with E-state index in [0.717, 1.165) is 10.4 Å². The highest BCUT2D eigenvalue weighted by molar-refractivity contribution is 7.09. The van der Waals surface area contributed by atoms with Crippen LogP contribution < -0.4 is 19.5 Å². The maximum Gasteiger partial charge on any atom is 0.322 e. The molecule has 1 heterocycles. The third kappa shape index (κ3) is 7.64. The average molecular weight is 540 g/mol. The number of nitrogens with one attached hydrogen (secondary N) is 1. The van der Waals surface area contributed by atoms with E-state index in [2.05, 4.69) is 5.32 Å². The Hall–Kier alpha value is -3.72. The Balaban J connectivity index is 1.77. The molecule has 3 rings (SSSR count). The molecule has 3 amide bonds. The van der Waals surface area contributed by atoms with E-state index in [-0.39, 0.29) is 24.5 Å². The number of amides is 3. The van der Waals surface area contributed by atoms with Crippen molar-refractivity contribution in [1.29, 1.82) is 0 Å². The van der Waals surface area contributed by atoms with Gasteiger partial charge in [0.05, 0.1) is 33.6 Å². The summed E-state index contributed by atoms with van der Waals surface area (Å²) in [6.07, 6.45) is 1.34. The summed E-state index contributed by atoms with van der Waals surface area (Å²) in [4.78, 5) is 31.5. The lowest BCUT2D eigenvalue weighted by Crippen LogP contribution is -2.48. The van der Waals surface area contributed by atoms with Crippen molar-refractivity contribution in [3.8, 4) is 17.2 Å². The highest BCUT2D eigenvalue weighted by atomic mass is 32.1. The first-order chi connectivity index (χ1) is 18.4. The van der Waals surface area contributed by atoms with Gasteiger partial charge in [-0.2, -0.15) is 0 Å². The number of methoxy groups -OCH3 is 3. The molecule has 1 unspecified atom stereocenters. The normalized spacial score (nSPS) is 11.4. The molecule has 0 aliphatic heterocycles. The van der Waals surface area contributed by atoms with Crippen LogP contribution in [0.5, 0.6) is 17.2 Å². The van der Waals surface area contributed by atoms with E-state index in [9.17, 15) is 9.59 Å². The predicted octanol–water partition coefficient (Wildman–Crippen LogP) is 5.68. The van der Waals surface area contributed by atoms with Crippen LogP contribution in [0.3, 0.4) is 0 Å². The summed E-state index contributed by atoms with van der Waals surface area (Å²) in [5.41, 5.74) is 1.59. The molecule has 0 saturated carbocycles. The minimum absolute atomic E-state index is 0.0344. The average Bonchev–Trinajstić information content (AvgIpc) is 3.46. The lowest BCUT2D eigenvalue weighted by molar-refractivity contribution is -0.132. The fraction of sp³-hybridized carbons (Fsp3) is 0.379. The Morgan fingerprint density at radius 3 is 2.34 bits per heavy atom. The Kier molecular flexibility index (Phi) is 10.8. The molecule has 0 fully saturated rings. The highest BCUT2D eigenvalue weighted by Gasteiger charge is 2.26. The number of para-hydroxylation sites is 2. The number of rotatable bonds is 13. The van der Waals surface area contributed by atoms with Crippen LogP contribution in [-0.2, 0) is 17.8 Å². The van der Waals surface area contributed by atoms with Gasteiger partial charge in [0, 0.05) is 17.5 Å². The number of nitrogens with zero attached hydrogens (tertiary/aromatic N) is 2. The molecule has 3 aromatic rings. The lowest BCUT2D eigenvalue weighted by Gasteiger charge is -2.31. The Morgan fingerprint density at radius 1 is 0.947 bits per heavy atom. The van der Waals surface area contributed by atoms with Crippen molar-refractivity contribution in [2.75, 3.05) is 39.7 Å². The molecule has 0 spiro atoms. The zero-order valence-electron chi connectivity index (χ0n) is 22.7. The number of anilines is 1. The molecule has 0 radical (unpaired) electrons. The number of benzene rings is 2. The number of carbonyl (C=O) groups is 2. The van der Waals surface area contributed by atoms with Crippen molar-refractivity contribution in [1.82, 2.24) is 9.80 Å². The van der Waals surface area contributed by atoms with Gasteiger partial charge < -0.3 is 29.3 Å². The summed E-state index contributed by atoms with van der Waals surface area (Å²) in [5, 5.41) is 4.91. The fourth-order valence-electron chi connectivity index (χ4n) is 4.01. The summed E-state index contributed by atoms with van der Waals surface area (Å²) in [7, 11) is 4.77. The van der Waals surface area contributed by atoms with Crippen LogP contribution in [0.1, 0.15) is 30.7 Å². The zero-order valence-corrected chi connectivity index (χ0v) is 23.5. The van der Waals surface area contributed by atoms with Gasteiger partial charge in [0.25, 0.3) is 0 Å². The predicted molar refractivity (Wildman–Crippen MR) is 151 cm³/mol. The number of carbonyl (C=O) groups excluding carboxylic acids is 2. The topological polar surface area (TPSA) is 80.3 Å². The summed E-state index contributed by atoms with van der Waals surface area (Å²) in [6, 6.07) is 16.5. The van der Waals surface area contributed by atoms with Crippen molar-refractivity contribution in [3.63, 3.8) is 0 Å². The maximum atomic E-state index is 13.7. The van der Waals surface area contributed by atoms with Crippen molar-refractivity contribution >= 4 is 29.0 Å². The monoisotopic (exact) mass is 539 g/mol. The summed E-state index contributed by atoms with van der Waals surface area (Å²) in [5.74, 6) is 1.75. The molecule has 2 aromatic carbocycles. The van der Waals surface area contributed by atoms with Gasteiger partial charge in [0.1, 0.15) is 12.3 Å². The highest BCUT2D eigenvalue weighted by Crippen LogP contribution is 2.28. The molecule has 0 bridgehead atoms. The third-order valence-electron chi connectivity index (χ3n) is 6.44. The van der Waals surface area contributed by atoms with Crippen LogP contribution in [0.2, 0.25) is 0 Å². The second-order valence-electron chi connectivity index (χ2n) is 8.85. The molecule has 1 atom stereocenters. The Morgan fingerprint density at radius 2 is 1.68 bits per heavy atom. The van der Waals surface area contributed by atoms with Gasteiger partial charge in [-0.3, -0.25) is 4.79 Å². The summed E-state index contributed by atoms with van der Waals surface area (Å²) < 4.78 is 16.1. The van der Waals surface area contributed by atoms with Crippen molar-refractivity contribution in [2.45, 2.75) is 39.3 Å². The smallest absolute Gasteiger partial charge is 0.322 e. The van der Waals surface area contributed by atoms with Crippen molar-refractivity contribution in [3.05, 3.63) is 70.4 Å². The van der Waals surface area contributed by atoms with Crippen LogP contribution in [0.15, 0.2) is 60.0 Å². The minimum atomic E-state index is -0.340. The standard InChI is InChI=1S/C29H37N3O5S/c1-6-21(2)32(29(34)30-24-11-7-8-12-25(24)35-3)20-28(33)31(19-23-10-9-17-38-23)16-15-22-13-14-26(36-4)27(18-22)37-5/h7-14,17-18,21H,6,15-16,19-20H2,1-5H3,(H,30,34). The van der Waals surface area contributed by atoms with E-state index in [1.807, 2.05) is 66.6 Å². The second kappa shape index (κ2) is 14.3. The van der Waals surface area contributed by atoms with Crippen LogP contribution in [-0.4, -0.2) is 62.2 Å². The molecule has 8 nitrogen and oxygen atoms in total. The first-order valence-corrected chi connectivity index (χ1v) is 13.5. The molecular weight excluding hydrogens is 502 g/mol. The molecule has 204 valence electrons. The summed E-state index contributed by atoms with van der Waals surface area (Å²) in [6.45, 7) is 4.88. The van der Waals surface area contributed by atoms with E-state index in [1.54, 1.807) is 49.7 Å². The van der Waals surface area contributed by atoms with E-state index < -0.39 is 0 Å². The molecular formula is C29H37N3O5S. The number of ether oxygens (including phenoxy) is 3. The van der Waals surface area contributed by atoms with Crippen LogP contribution in [0, 0.1) is 0 Å². The molecule has 0 aliphatic carbocycles. The van der Waals surface area contributed by atoms with Gasteiger partial charge in [-0.1, -0.05) is 31.2 Å². The van der Waals surface area contributed by atoms with Gasteiger partial charge in [0.15, 0.2) is 11.5 Å². The van der Waals surface area contributed by atoms with Gasteiger partial charge in [-0.25, -0.2) is 4.79 Å². The minimum Gasteiger partial charge on any atom is -0.495 e. The van der Waals surface area contributed by atoms with Gasteiger partial charge in [-0.15, -0.1) is 11.3 Å². The van der Waals surface area contributed by atoms with Gasteiger partial charge in [-0.05, 0) is 61.0 Å². The first kappa shape index (κ1) is 28.8. The molecule has 38 heavy (non-hydrogen) atoms. The van der Waals surface area contributed by atoms with E-state index in [0.29, 0.717) is 48.9 Å². The first-order valence-electron chi connectivity index (χ1n) is 12.6. The number of hydrogen-bond acceptors (Lipinski definition) is 6. The summed E-state index contributed by atoms with van der Waals surface area (Å²) >= 11 is 1.61. The van der Waals surface area contributed by atoms with Crippen molar-refractivity contribution in [2.24, 2.45) is 0 Å². The molecule has 0 saturated heterocycles. The van der Waals surface area contributed by atoms with Crippen LogP contribution in [0.25, 0.3) is 0 Å². The molecule has 0 aliphatic rings. The molecule has 1 aromatic heterocycles. The molecule has 1 N–H and O–H groups in total. The lowest BCUT2D eigenvalue weighted by atomic mass is 10.1. The van der Waals surface area contributed by atoms with Gasteiger partial charge >= 0.3 is 6.03 Å². The third-order valence-corrected chi connectivity index (χ3v) is 7.30. The number of hydrogen-bond donors (Lipinski definition) is 1. The van der Waals surface area contributed by atoms with E-state index in [4.69, 9.17) is 14.2 Å². The van der Waals surface area contributed by atoms with Gasteiger partial charge in [0.2, 0.25) is 5.91 Å².